The number of hydrogen-bond acceptors (Lipinski definition) is 3. The second-order valence-corrected chi connectivity index (χ2v) is 4.70. The molecule has 0 aliphatic carbocycles. The van der Waals surface area contributed by atoms with Gasteiger partial charge in [0.15, 0.2) is 0 Å². The Morgan fingerprint density at radius 1 is 1.35 bits per heavy atom. The number of hydrogen-bond donors (Lipinski definition) is 2. The van der Waals surface area contributed by atoms with Gasteiger partial charge in [0.05, 0.1) is 0 Å². The Morgan fingerprint density at radius 2 is 2.18 bits per heavy atom. The molecule has 0 aliphatic rings. The summed E-state index contributed by atoms with van der Waals surface area (Å²) in [5.74, 6) is 5.59. The molecule has 1 aromatic rings. The van der Waals surface area contributed by atoms with Gasteiger partial charge >= 0.3 is 0 Å². The van der Waals surface area contributed by atoms with Crippen molar-refractivity contribution < 1.29 is 0 Å². The zero-order valence-electron chi connectivity index (χ0n) is 11.2. The van der Waals surface area contributed by atoms with Crippen LogP contribution in [0.15, 0.2) is 12.3 Å². The van der Waals surface area contributed by atoms with Crippen molar-refractivity contribution in [2.45, 2.75) is 57.9 Å². The van der Waals surface area contributed by atoms with E-state index < -0.39 is 0 Å². The van der Waals surface area contributed by atoms with E-state index in [1.165, 1.54) is 37.8 Å². The Morgan fingerprint density at radius 3 is 2.76 bits per heavy atom. The molecule has 0 radical (unpaired) electrons. The van der Waals surface area contributed by atoms with Crippen LogP contribution in [0.2, 0.25) is 0 Å². The Labute approximate surface area is 105 Å². The van der Waals surface area contributed by atoms with Crippen LogP contribution in [-0.2, 0) is 13.5 Å². The fraction of sp³-hybridized carbons (Fsp3) is 0.769. The number of nitrogens with two attached hydrogens (primary N) is 1. The Kier molecular flexibility index (Phi) is 6.89. The second-order valence-electron chi connectivity index (χ2n) is 4.70. The van der Waals surface area contributed by atoms with Gasteiger partial charge in [-0.15, -0.1) is 0 Å². The highest BCUT2D eigenvalue weighted by Gasteiger charge is 2.07. The zero-order chi connectivity index (χ0) is 12.5. The third kappa shape index (κ3) is 5.33. The lowest BCUT2D eigenvalue weighted by Crippen LogP contribution is -2.35. The van der Waals surface area contributed by atoms with Gasteiger partial charge in [0.25, 0.3) is 0 Å². The van der Waals surface area contributed by atoms with Crippen molar-refractivity contribution in [2.24, 2.45) is 12.9 Å². The summed E-state index contributed by atoms with van der Waals surface area (Å²) in [6.45, 7) is 2.24. The molecule has 0 amide bonds. The maximum Gasteiger partial charge on any atom is 0.0492 e. The molecule has 1 aromatic heterocycles. The average molecular weight is 238 g/mol. The molecule has 1 heterocycles. The number of nitrogens with one attached hydrogen (secondary N) is 1. The molecule has 0 fully saturated rings. The predicted octanol–water partition coefficient (Wildman–Crippen LogP) is 2.15. The zero-order valence-corrected chi connectivity index (χ0v) is 11.2. The molecule has 0 saturated heterocycles. The Balaban J connectivity index is 2.20. The van der Waals surface area contributed by atoms with Gasteiger partial charge in [0.1, 0.15) is 0 Å². The maximum absolute atomic E-state index is 5.59. The van der Waals surface area contributed by atoms with Crippen LogP contribution in [0.25, 0.3) is 0 Å². The average Bonchev–Trinajstić information content (AvgIpc) is 2.74. The summed E-state index contributed by atoms with van der Waals surface area (Å²) < 4.78 is 1.94. The topological polar surface area (TPSA) is 55.9 Å². The number of nitrogens with zero attached hydrogens (tertiary/aromatic N) is 2. The fourth-order valence-corrected chi connectivity index (χ4v) is 2.10. The van der Waals surface area contributed by atoms with Crippen LogP contribution >= 0.6 is 0 Å². The summed E-state index contributed by atoms with van der Waals surface area (Å²) >= 11 is 0. The molecule has 0 saturated carbocycles. The SMILES string of the molecule is CCCCCCC(CCc1ccnn1C)NN. The van der Waals surface area contributed by atoms with Gasteiger partial charge in [-0.2, -0.15) is 5.10 Å². The van der Waals surface area contributed by atoms with E-state index in [0.29, 0.717) is 6.04 Å². The third-order valence-corrected chi connectivity index (χ3v) is 3.31. The first-order valence-electron chi connectivity index (χ1n) is 6.71. The summed E-state index contributed by atoms with van der Waals surface area (Å²) in [7, 11) is 1.99. The van der Waals surface area contributed by atoms with E-state index in [1.807, 2.05) is 17.9 Å². The first-order chi connectivity index (χ1) is 8.27. The van der Waals surface area contributed by atoms with Gasteiger partial charge in [-0.1, -0.05) is 32.6 Å². The maximum atomic E-state index is 5.59. The molecule has 3 N–H and O–H groups in total. The molecule has 0 aliphatic heterocycles. The van der Waals surface area contributed by atoms with Crippen LogP contribution in [0.5, 0.6) is 0 Å². The molecule has 98 valence electrons. The molecule has 1 rings (SSSR count). The lowest BCUT2D eigenvalue weighted by Gasteiger charge is -2.15. The molecule has 4 nitrogen and oxygen atoms in total. The van der Waals surface area contributed by atoms with E-state index in [-0.39, 0.29) is 0 Å². The highest BCUT2D eigenvalue weighted by molar-refractivity contribution is 5.00. The number of rotatable bonds is 9. The number of unbranched alkanes of at least 4 members (excludes halogenated alkanes) is 3. The largest absolute Gasteiger partial charge is 0.273 e. The lowest BCUT2D eigenvalue weighted by atomic mass is 10.0. The minimum Gasteiger partial charge on any atom is -0.273 e. The monoisotopic (exact) mass is 238 g/mol. The molecule has 0 bridgehead atoms. The van der Waals surface area contributed by atoms with Crippen LogP contribution in [0, 0.1) is 0 Å². The molecule has 0 aromatic carbocycles. The van der Waals surface area contributed by atoms with Crippen LogP contribution in [0.4, 0.5) is 0 Å². The minimum atomic E-state index is 0.432. The molecule has 1 atom stereocenters. The summed E-state index contributed by atoms with van der Waals surface area (Å²) in [4.78, 5) is 0. The standard InChI is InChI=1S/C13H26N4/c1-3-4-5-6-7-12(16-14)8-9-13-10-11-15-17(13)2/h10-12,16H,3-9,14H2,1-2H3. The van der Waals surface area contributed by atoms with Crippen molar-refractivity contribution in [3.8, 4) is 0 Å². The summed E-state index contributed by atoms with van der Waals surface area (Å²) in [6.07, 6.45) is 10.4. The summed E-state index contributed by atoms with van der Waals surface area (Å²) in [5, 5.41) is 4.17. The third-order valence-electron chi connectivity index (χ3n) is 3.31. The van der Waals surface area contributed by atoms with Crippen molar-refractivity contribution in [3.05, 3.63) is 18.0 Å². The Hall–Kier alpha value is -0.870. The predicted molar refractivity (Wildman–Crippen MR) is 71.4 cm³/mol. The van der Waals surface area contributed by atoms with Gasteiger partial charge in [0, 0.05) is 25.0 Å². The van der Waals surface area contributed by atoms with E-state index in [0.717, 1.165) is 12.8 Å². The summed E-state index contributed by atoms with van der Waals surface area (Å²) in [6, 6.07) is 2.51. The molecular formula is C13H26N4. The van der Waals surface area contributed by atoms with Gasteiger partial charge in [-0.25, -0.2) is 0 Å². The van der Waals surface area contributed by atoms with Crippen molar-refractivity contribution in [1.82, 2.24) is 15.2 Å². The minimum absolute atomic E-state index is 0.432. The van der Waals surface area contributed by atoms with Crippen LogP contribution in [-0.4, -0.2) is 15.8 Å². The first-order valence-corrected chi connectivity index (χ1v) is 6.71. The highest BCUT2D eigenvalue weighted by Crippen LogP contribution is 2.10. The summed E-state index contributed by atoms with van der Waals surface area (Å²) in [5.41, 5.74) is 4.21. The van der Waals surface area contributed by atoms with E-state index >= 15 is 0 Å². The molecule has 0 spiro atoms. The second kappa shape index (κ2) is 8.25. The lowest BCUT2D eigenvalue weighted by molar-refractivity contribution is 0.436. The van der Waals surface area contributed by atoms with Crippen molar-refractivity contribution >= 4 is 0 Å². The smallest absolute Gasteiger partial charge is 0.0492 e. The first kappa shape index (κ1) is 14.2. The molecule has 17 heavy (non-hydrogen) atoms. The van der Waals surface area contributed by atoms with Gasteiger partial charge < -0.3 is 0 Å². The normalized spacial score (nSPS) is 12.9. The highest BCUT2D eigenvalue weighted by atomic mass is 15.3. The van der Waals surface area contributed by atoms with E-state index in [9.17, 15) is 0 Å². The van der Waals surface area contributed by atoms with Gasteiger partial charge in [-0.3, -0.25) is 16.0 Å². The van der Waals surface area contributed by atoms with Crippen molar-refractivity contribution in [2.75, 3.05) is 0 Å². The van der Waals surface area contributed by atoms with Crippen LogP contribution in [0.1, 0.15) is 51.1 Å². The number of hydrazine groups is 1. The number of aromatic nitrogens is 2. The van der Waals surface area contributed by atoms with E-state index in [1.54, 1.807) is 0 Å². The Bertz CT molecular complexity index is 295. The van der Waals surface area contributed by atoms with Crippen molar-refractivity contribution in [3.63, 3.8) is 0 Å². The molecule has 4 heteroatoms. The quantitative estimate of drug-likeness (QED) is 0.394. The molecule has 1 unspecified atom stereocenters. The van der Waals surface area contributed by atoms with Gasteiger partial charge in [-0.05, 0) is 25.3 Å². The van der Waals surface area contributed by atoms with Gasteiger partial charge in [0.2, 0.25) is 0 Å². The van der Waals surface area contributed by atoms with Crippen molar-refractivity contribution in [1.29, 1.82) is 0 Å². The van der Waals surface area contributed by atoms with Crippen LogP contribution < -0.4 is 11.3 Å². The molecular weight excluding hydrogens is 212 g/mol. The van der Waals surface area contributed by atoms with Crippen LogP contribution in [0.3, 0.4) is 0 Å². The fourth-order valence-electron chi connectivity index (χ4n) is 2.10. The number of aryl methyl sites for hydroxylation is 2. The van der Waals surface area contributed by atoms with E-state index in [2.05, 4.69) is 23.5 Å². The van der Waals surface area contributed by atoms with E-state index in [4.69, 9.17) is 5.84 Å².